The Labute approximate surface area is 177 Å². The number of hydrogen-bond donors (Lipinski definition) is 5. The van der Waals surface area contributed by atoms with Crippen LogP contribution in [0.25, 0.3) is 11.1 Å². The summed E-state index contributed by atoms with van der Waals surface area (Å²) in [6, 6.07) is 6.30. The van der Waals surface area contributed by atoms with Crippen LogP contribution < -0.4 is 22.1 Å². The zero-order valence-corrected chi connectivity index (χ0v) is 16.0. The fourth-order valence-electron chi connectivity index (χ4n) is 2.91. The van der Waals surface area contributed by atoms with Gasteiger partial charge in [0.05, 0.1) is 16.8 Å². The zero-order chi connectivity index (χ0) is 23.6. The van der Waals surface area contributed by atoms with Crippen LogP contribution in [0.15, 0.2) is 48.7 Å². The number of amides is 4. The summed E-state index contributed by atoms with van der Waals surface area (Å²) in [5, 5.41) is 4.34. The number of aromatic nitrogens is 1. The number of rotatable bonds is 5. The molecule has 0 saturated carbocycles. The fourth-order valence-corrected chi connectivity index (χ4v) is 2.91. The lowest BCUT2D eigenvalue weighted by atomic mass is 10.0. The van der Waals surface area contributed by atoms with Crippen LogP contribution in [0.1, 0.15) is 26.4 Å². The van der Waals surface area contributed by atoms with Crippen molar-refractivity contribution >= 4 is 29.2 Å². The van der Waals surface area contributed by atoms with Crippen molar-refractivity contribution in [1.29, 1.82) is 0 Å². The lowest BCUT2D eigenvalue weighted by molar-refractivity contribution is -0.137. The van der Waals surface area contributed by atoms with Crippen LogP contribution >= 0.6 is 0 Å². The maximum Gasteiger partial charge on any atom is 0.416 e. The number of anilines is 2. The maximum absolute atomic E-state index is 13.8. The predicted octanol–water partition coefficient (Wildman–Crippen LogP) is 3.68. The summed E-state index contributed by atoms with van der Waals surface area (Å²) in [5.41, 5.74) is 9.55. The van der Waals surface area contributed by atoms with Gasteiger partial charge >= 0.3 is 12.2 Å². The van der Waals surface area contributed by atoms with E-state index in [-0.39, 0.29) is 22.5 Å². The van der Waals surface area contributed by atoms with Gasteiger partial charge in [-0.3, -0.25) is 9.59 Å². The number of nitrogens with two attached hydrogens (primary N) is 2. The number of nitrogens with one attached hydrogen (secondary N) is 3. The van der Waals surface area contributed by atoms with Crippen molar-refractivity contribution in [1.82, 2.24) is 4.98 Å². The Kier molecular flexibility index (Phi) is 5.87. The maximum atomic E-state index is 13.8. The van der Waals surface area contributed by atoms with Crippen LogP contribution in [-0.2, 0) is 6.18 Å². The molecule has 12 heteroatoms. The minimum Gasteiger partial charge on any atom is -0.366 e. The third kappa shape index (κ3) is 4.69. The number of carbonyl (C=O) groups excluding carboxylic acids is 3. The van der Waals surface area contributed by atoms with Crippen molar-refractivity contribution in [3.8, 4) is 11.1 Å². The van der Waals surface area contributed by atoms with Crippen molar-refractivity contribution in [2.24, 2.45) is 11.5 Å². The number of carbonyl (C=O) groups is 3. The Hall–Kier alpha value is -4.35. The van der Waals surface area contributed by atoms with Gasteiger partial charge in [0.1, 0.15) is 11.5 Å². The Bertz CT molecular complexity index is 1170. The lowest BCUT2D eigenvalue weighted by Gasteiger charge is -2.12. The Morgan fingerprint density at radius 3 is 2.12 bits per heavy atom. The molecule has 0 atom stereocenters. The van der Waals surface area contributed by atoms with Crippen LogP contribution in [0.4, 0.5) is 33.7 Å². The molecular formula is C20H15F4N5O3. The van der Waals surface area contributed by atoms with Crippen molar-refractivity contribution in [3.63, 3.8) is 0 Å². The van der Waals surface area contributed by atoms with Crippen LogP contribution in [0.3, 0.4) is 0 Å². The van der Waals surface area contributed by atoms with Crippen LogP contribution in [0.2, 0.25) is 0 Å². The largest absolute Gasteiger partial charge is 0.416 e. The number of alkyl halides is 3. The van der Waals surface area contributed by atoms with Gasteiger partial charge in [-0.15, -0.1) is 0 Å². The average Bonchev–Trinajstić information content (AvgIpc) is 3.15. The molecule has 3 rings (SSSR count). The Morgan fingerprint density at radius 2 is 1.56 bits per heavy atom. The number of benzene rings is 2. The highest BCUT2D eigenvalue weighted by atomic mass is 19.4. The molecule has 0 radical (unpaired) electrons. The van der Waals surface area contributed by atoms with Gasteiger partial charge in [0.2, 0.25) is 0 Å². The highest BCUT2D eigenvalue weighted by Gasteiger charge is 2.31. The molecule has 0 spiro atoms. The van der Waals surface area contributed by atoms with Crippen molar-refractivity contribution < 1.29 is 31.9 Å². The molecule has 0 unspecified atom stereocenters. The molecule has 2 aromatic carbocycles. The van der Waals surface area contributed by atoms with E-state index in [1.54, 1.807) is 0 Å². The van der Waals surface area contributed by atoms with E-state index in [1.807, 2.05) is 5.32 Å². The normalized spacial score (nSPS) is 11.1. The minimum absolute atomic E-state index is 0.0253. The van der Waals surface area contributed by atoms with E-state index >= 15 is 0 Å². The topological polar surface area (TPSA) is 143 Å². The van der Waals surface area contributed by atoms with E-state index in [2.05, 4.69) is 10.3 Å². The van der Waals surface area contributed by atoms with Crippen LogP contribution in [0, 0.1) is 5.82 Å². The zero-order valence-electron chi connectivity index (χ0n) is 16.0. The van der Waals surface area contributed by atoms with Gasteiger partial charge in [-0.1, -0.05) is 12.1 Å². The molecule has 8 nitrogen and oxygen atoms in total. The number of urea groups is 1. The van der Waals surface area contributed by atoms with Gasteiger partial charge in [0.15, 0.2) is 0 Å². The number of halogens is 4. The highest BCUT2D eigenvalue weighted by molar-refractivity contribution is 6.08. The third-order valence-corrected chi connectivity index (χ3v) is 4.37. The van der Waals surface area contributed by atoms with Gasteiger partial charge in [0, 0.05) is 17.4 Å². The average molecular weight is 449 g/mol. The van der Waals surface area contributed by atoms with Gasteiger partial charge in [0.25, 0.3) is 11.8 Å². The summed E-state index contributed by atoms with van der Waals surface area (Å²) < 4.78 is 52.1. The van der Waals surface area contributed by atoms with E-state index in [9.17, 15) is 31.9 Å². The number of hydrogen-bond acceptors (Lipinski definition) is 3. The summed E-state index contributed by atoms with van der Waals surface area (Å²) in [6.45, 7) is 0. The molecule has 7 N–H and O–H groups in total. The van der Waals surface area contributed by atoms with Gasteiger partial charge < -0.3 is 27.1 Å². The van der Waals surface area contributed by atoms with E-state index in [4.69, 9.17) is 11.5 Å². The second-order valence-electron chi connectivity index (χ2n) is 6.53. The van der Waals surface area contributed by atoms with Gasteiger partial charge in [-0.05, 0) is 35.9 Å². The molecule has 0 saturated heterocycles. The molecule has 0 aliphatic heterocycles. The molecule has 3 aromatic rings. The summed E-state index contributed by atoms with van der Waals surface area (Å²) in [6.07, 6.45) is -3.47. The summed E-state index contributed by atoms with van der Waals surface area (Å²) in [4.78, 5) is 37.9. The highest BCUT2D eigenvalue weighted by Crippen LogP contribution is 2.32. The quantitative estimate of drug-likeness (QED) is 0.379. The van der Waals surface area contributed by atoms with Crippen LogP contribution in [0.5, 0.6) is 0 Å². The molecule has 0 aliphatic rings. The molecule has 0 bridgehead atoms. The van der Waals surface area contributed by atoms with Crippen molar-refractivity contribution in [2.75, 3.05) is 10.6 Å². The first-order valence-corrected chi connectivity index (χ1v) is 8.83. The van der Waals surface area contributed by atoms with E-state index < -0.39 is 41.1 Å². The smallest absolute Gasteiger partial charge is 0.366 e. The molecule has 0 fully saturated rings. The minimum atomic E-state index is -4.71. The Balaban J connectivity index is 1.79. The fraction of sp³-hybridized carbons (Fsp3) is 0.0500. The van der Waals surface area contributed by atoms with Crippen molar-refractivity contribution in [2.45, 2.75) is 6.18 Å². The summed E-state index contributed by atoms with van der Waals surface area (Å²) in [7, 11) is 0. The summed E-state index contributed by atoms with van der Waals surface area (Å²) >= 11 is 0. The first-order chi connectivity index (χ1) is 15.0. The monoisotopic (exact) mass is 449 g/mol. The van der Waals surface area contributed by atoms with Gasteiger partial charge in [-0.25, -0.2) is 9.18 Å². The second-order valence-corrected chi connectivity index (χ2v) is 6.53. The Morgan fingerprint density at radius 1 is 0.906 bits per heavy atom. The number of H-pyrrole nitrogens is 1. The van der Waals surface area contributed by atoms with E-state index in [0.717, 1.165) is 0 Å². The van der Waals surface area contributed by atoms with Crippen LogP contribution in [-0.4, -0.2) is 22.8 Å². The SMILES string of the molecule is NC(=O)c1c[nH]c(C(N)=O)c1-c1ccc(NC(=O)Nc2cc(C(F)(F)F)ccc2F)cc1. The molecule has 1 heterocycles. The van der Waals surface area contributed by atoms with Crippen molar-refractivity contribution in [3.05, 3.63) is 71.3 Å². The molecule has 1 aromatic heterocycles. The molecule has 0 aliphatic carbocycles. The first-order valence-electron chi connectivity index (χ1n) is 8.83. The first kappa shape index (κ1) is 22.3. The lowest BCUT2D eigenvalue weighted by Crippen LogP contribution is -2.20. The van der Waals surface area contributed by atoms with Gasteiger partial charge in [-0.2, -0.15) is 13.2 Å². The van der Waals surface area contributed by atoms with E-state index in [1.165, 1.54) is 30.5 Å². The predicted molar refractivity (Wildman–Crippen MR) is 107 cm³/mol. The standard InChI is InChI=1S/C20H15F4N5O3/c21-13-6-3-10(20(22,23)24)7-14(13)29-19(32)28-11-4-1-9(2-5-11)15-12(17(25)30)8-27-16(15)18(26)31/h1-8,27H,(H2,25,30)(H2,26,31)(H2,28,29,32). The number of aromatic amines is 1. The van der Waals surface area contributed by atoms with E-state index in [0.29, 0.717) is 23.8 Å². The molecule has 32 heavy (non-hydrogen) atoms. The third-order valence-electron chi connectivity index (χ3n) is 4.37. The number of primary amides is 2. The molecule has 4 amide bonds. The second kappa shape index (κ2) is 8.41. The molecule has 166 valence electrons. The molecular weight excluding hydrogens is 434 g/mol. The summed E-state index contributed by atoms with van der Waals surface area (Å²) in [5.74, 6) is -2.67.